The predicted octanol–water partition coefficient (Wildman–Crippen LogP) is 5.43. The Hall–Kier alpha value is -0.780. The zero-order chi connectivity index (χ0) is 12.1. The Morgan fingerprint density at radius 1 is 1.19 bits per heavy atom. The minimum Gasteiger partial charge on any atom is -0.0847 e. The van der Waals surface area contributed by atoms with Crippen LogP contribution in [0.3, 0.4) is 0 Å². The van der Waals surface area contributed by atoms with Crippen LogP contribution < -0.4 is 0 Å². The molecule has 1 aliphatic carbocycles. The first-order chi connectivity index (χ1) is 7.54. The molecule has 1 unspecified atom stereocenters. The van der Waals surface area contributed by atoms with Gasteiger partial charge in [0.1, 0.15) is 0 Å². The lowest BCUT2D eigenvalue weighted by molar-refractivity contribution is 0.799. The van der Waals surface area contributed by atoms with Gasteiger partial charge < -0.3 is 0 Å². The van der Waals surface area contributed by atoms with Gasteiger partial charge in [0.15, 0.2) is 0 Å². The number of hydrogen-bond donors (Lipinski definition) is 0. The second-order valence-corrected chi connectivity index (χ2v) is 5.19. The van der Waals surface area contributed by atoms with Gasteiger partial charge in [0.2, 0.25) is 0 Å². The molecular formula is C16H26. The first-order valence-corrected chi connectivity index (χ1v) is 6.56. The summed E-state index contributed by atoms with van der Waals surface area (Å²) >= 11 is 0. The van der Waals surface area contributed by atoms with Crippen molar-refractivity contribution >= 4 is 0 Å². The average molecular weight is 218 g/mol. The van der Waals surface area contributed by atoms with Gasteiger partial charge in [-0.05, 0) is 52.4 Å². The fourth-order valence-electron chi connectivity index (χ4n) is 2.19. The average Bonchev–Trinajstić information content (AvgIpc) is 2.26. The van der Waals surface area contributed by atoms with E-state index >= 15 is 0 Å². The maximum absolute atomic E-state index is 2.47. The summed E-state index contributed by atoms with van der Waals surface area (Å²) in [6.07, 6.45) is 9.67. The van der Waals surface area contributed by atoms with Gasteiger partial charge in [0, 0.05) is 0 Å². The topological polar surface area (TPSA) is 0 Å². The Kier molecular flexibility index (Phi) is 5.05. The molecule has 0 bridgehead atoms. The molecule has 0 nitrogen and oxygen atoms in total. The molecule has 0 radical (unpaired) electrons. The van der Waals surface area contributed by atoms with Crippen LogP contribution in [-0.4, -0.2) is 0 Å². The minimum absolute atomic E-state index is 0.612. The lowest BCUT2D eigenvalue weighted by Gasteiger charge is -2.16. The van der Waals surface area contributed by atoms with E-state index in [2.05, 4.69) is 46.8 Å². The van der Waals surface area contributed by atoms with E-state index in [-0.39, 0.29) is 0 Å². The third-order valence-electron chi connectivity index (χ3n) is 3.86. The molecule has 0 saturated heterocycles. The highest BCUT2D eigenvalue weighted by Crippen LogP contribution is 2.25. The van der Waals surface area contributed by atoms with Crippen molar-refractivity contribution in [1.82, 2.24) is 0 Å². The molecule has 0 aromatic rings. The van der Waals surface area contributed by atoms with Gasteiger partial charge in [-0.2, -0.15) is 0 Å². The molecule has 0 heterocycles. The first-order valence-electron chi connectivity index (χ1n) is 6.56. The van der Waals surface area contributed by atoms with Crippen molar-refractivity contribution in [2.75, 3.05) is 0 Å². The largest absolute Gasteiger partial charge is 0.0847 e. The van der Waals surface area contributed by atoms with Crippen molar-refractivity contribution in [2.45, 2.75) is 60.3 Å². The molecule has 0 aliphatic heterocycles. The van der Waals surface area contributed by atoms with E-state index < -0.39 is 0 Å². The summed E-state index contributed by atoms with van der Waals surface area (Å²) in [5.74, 6) is 0.612. The van der Waals surface area contributed by atoms with Gasteiger partial charge in [-0.3, -0.25) is 0 Å². The molecule has 0 spiro atoms. The molecule has 1 aliphatic rings. The van der Waals surface area contributed by atoms with E-state index in [1.165, 1.54) is 31.3 Å². The molecule has 0 aromatic heterocycles. The lowest BCUT2D eigenvalue weighted by Crippen LogP contribution is -1.98. The third kappa shape index (κ3) is 3.66. The van der Waals surface area contributed by atoms with Gasteiger partial charge in [-0.25, -0.2) is 0 Å². The fraction of sp³-hybridized carbons (Fsp3) is 0.625. The van der Waals surface area contributed by atoms with E-state index in [9.17, 15) is 0 Å². The first kappa shape index (κ1) is 13.3. The standard InChI is InChI=1S/C16H26/c1-6-16-10-14(4)12(2)8-7-9-13(3)15(5)11-16/h8,10,14H,6-7,9,11H2,1-5H3. The Labute approximate surface area is 101 Å². The highest BCUT2D eigenvalue weighted by molar-refractivity contribution is 5.23. The maximum atomic E-state index is 2.47. The fourth-order valence-corrected chi connectivity index (χ4v) is 2.19. The molecule has 0 amide bonds. The smallest absolute Gasteiger partial charge is 0.00516 e. The Balaban J connectivity index is 3.00. The highest BCUT2D eigenvalue weighted by atomic mass is 14.1. The van der Waals surface area contributed by atoms with Crippen LogP contribution in [-0.2, 0) is 0 Å². The van der Waals surface area contributed by atoms with Crippen LogP contribution >= 0.6 is 0 Å². The second-order valence-electron chi connectivity index (χ2n) is 5.19. The lowest BCUT2D eigenvalue weighted by atomic mass is 9.91. The molecule has 0 N–H and O–H groups in total. The zero-order valence-electron chi connectivity index (χ0n) is 11.6. The van der Waals surface area contributed by atoms with Gasteiger partial charge >= 0.3 is 0 Å². The second kappa shape index (κ2) is 6.08. The summed E-state index contributed by atoms with van der Waals surface area (Å²) < 4.78 is 0. The molecule has 90 valence electrons. The van der Waals surface area contributed by atoms with Crippen molar-refractivity contribution in [3.63, 3.8) is 0 Å². The summed E-state index contributed by atoms with van der Waals surface area (Å²) in [6, 6.07) is 0. The SMILES string of the molecule is CCC1=CC(C)C(C)=CCCC(C)=C(C)C1. The monoisotopic (exact) mass is 218 g/mol. The highest BCUT2D eigenvalue weighted by Gasteiger charge is 2.07. The third-order valence-corrected chi connectivity index (χ3v) is 3.86. The van der Waals surface area contributed by atoms with Crippen LogP contribution in [0.1, 0.15) is 60.3 Å². The summed E-state index contributed by atoms with van der Waals surface area (Å²) in [5, 5.41) is 0. The number of allylic oxidation sites excluding steroid dienone is 6. The molecule has 1 rings (SSSR count). The van der Waals surface area contributed by atoms with Crippen molar-refractivity contribution in [2.24, 2.45) is 5.92 Å². The Bertz CT molecular complexity index is 326. The van der Waals surface area contributed by atoms with Crippen molar-refractivity contribution in [3.8, 4) is 0 Å². The van der Waals surface area contributed by atoms with E-state index in [1.807, 2.05) is 0 Å². The van der Waals surface area contributed by atoms with Gasteiger partial charge in [-0.1, -0.05) is 48.3 Å². The van der Waals surface area contributed by atoms with Crippen LogP contribution in [0, 0.1) is 5.92 Å². The van der Waals surface area contributed by atoms with Crippen molar-refractivity contribution in [1.29, 1.82) is 0 Å². The molecular weight excluding hydrogens is 192 g/mol. The van der Waals surface area contributed by atoms with E-state index in [0.29, 0.717) is 5.92 Å². The molecule has 16 heavy (non-hydrogen) atoms. The molecule has 0 heteroatoms. The Morgan fingerprint density at radius 3 is 2.50 bits per heavy atom. The molecule has 0 aromatic carbocycles. The van der Waals surface area contributed by atoms with Crippen LogP contribution in [0.2, 0.25) is 0 Å². The number of rotatable bonds is 1. The van der Waals surface area contributed by atoms with Gasteiger partial charge in [0.05, 0.1) is 0 Å². The molecule has 0 saturated carbocycles. The minimum atomic E-state index is 0.612. The molecule has 1 atom stereocenters. The summed E-state index contributed by atoms with van der Waals surface area (Å²) in [5.41, 5.74) is 6.28. The van der Waals surface area contributed by atoms with Gasteiger partial charge in [-0.15, -0.1) is 0 Å². The molecule has 0 fully saturated rings. The number of hydrogen-bond acceptors (Lipinski definition) is 0. The van der Waals surface area contributed by atoms with Crippen LogP contribution in [0.15, 0.2) is 34.4 Å². The summed E-state index contributed by atoms with van der Waals surface area (Å²) in [7, 11) is 0. The van der Waals surface area contributed by atoms with Crippen LogP contribution in [0.25, 0.3) is 0 Å². The normalized spacial score (nSPS) is 23.9. The van der Waals surface area contributed by atoms with E-state index in [4.69, 9.17) is 0 Å². The zero-order valence-corrected chi connectivity index (χ0v) is 11.6. The van der Waals surface area contributed by atoms with E-state index in [0.717, 1.165) is 0 Å². The van der Waals surface area contributed by atoms with Crippen LogP contribution in [0.4, 0.5) is 0 Å². The maximum Gasteiger partial charge on any atom is -0.00516 e. The van der Waals surface area contributed by atoms with Gasteiger partial charge in [0.25, 0.3) is 0 Å². The predicted molar refractivity (Wildman–Crippen MR) is 73.5 cm³/mol. The van der Waals surface area contributed by atoms with Crippen LogP contribution in [0.5, 0.6) is 0 Å². The van der Waals surface area contributed by atoms with E-state index in [1.54, 1.807) is 16.7 Å². The van der Waals surface area contributed by atoms with Crippen molar-refractivity contribution in [3.05, 3.63) is 34.4 Å². The summed E-state index contributed by atoms with van der Waals surface area (Å²) in [6.45, 7) is 11.4. The summed E-state index contributed by atoms with van der Waals surface area (Å²) in [4.78, 5) is 0. The van der Waals surface area contributed by atoms with Crippen molar-refractivity contribution < 1.29 is 0 Å². The quantitative estimate of drug-likeness (QED) is 0.515. The Morgan fingerprint density at radius 2 is 1.88 bits per heavy atom.